The van der Waals surface area contributed by atoms with Crippen LogP contribution >= 0.6 is 15.9 Å². The number of barbiturate groups is 1. The average Bonchev–Trinajstić information content (AvgIpc) is 3.05. The molecular weight excluding hydrogens is 644 g/mol. The highest BCUT2D eigenvalue weighted by Gasteiger charge is 2.37. The fourth-order valence-corrected chi connectivity index (χ4v) is 5.14. The van der Waals surface area contributed by atoms with Crippen molar-refractivity contribution >= 4 is 45.5 Å². The van der Waals surface area contributed by atoms with E-state index in [1.807, 2.05) is 48.5 Å². The standard InChI is InChI=1S/C34H29BrN2O8/c1-41-25-12-10-24(11-13-25)37-33(39)26(32(38)36-34(37)40)15-23-16-27(35)31(30(18-23)43-3)45-20-22-9-14-28(29(17-22)42-2)44-19-21-7-5-4-6-8-21/h4-18H,19-20H2,1-3H3,(H,36,38,40)/b26-15+. The van der Waals surface area contributed by atoms with Crippen molar-refractivity contribution < 1.29 is 38.1 Å². The second kappa shape index (κ2) is 14.0. The number of nitrogens with one attached hydrogen (secondary N) is 1. The number of carbonyl (C=O) groups is 3. The lowest BCUT2D eigenvalue weighted by Crippen LogP contribution is -2.54. The maximum absolute atomic E-state index is 13.3. The zero-order valence-corrected chi connectivity index (χ0v) is 26.3. The molecule has 1 fully saturated rings. The number of rotatable bonds is 11. The minimum absolute atomic E-state index is 0.185. The summed E-state index contributed by atoms with van der Waals surface area (Å²) in [5.74, 6) is 0.922. The number of anilines is 1. The van der Waals surface area contributed by atoms with Gasteiger partial charge in [0.1, 0.15) is 24.5 Å². The van der Waals surface area contributed by atoms with E-state index in [0.717, 1.165) is 16.0 Å². The van der Waals surface area contributed by atoms with E-state index in [-0.39, 0.29) is 17.9 Å². The van der Waals surface area contributed by atoms with Gasteiger partial charge in [-0.1, -0.05) is 36.4 Å². The zero-order valence-electron chi connectivity index (χ0n) is 24.7. The topological polar surface area (TPSA) is 113 Å². The molecule has 1 aliphatic rings. The molecule has 11 heteroatoms. The van der Waals surface area contributed by atoms with Crippen LogP contribution in [0.1, 0.15) is 16.7 Å². The number of benzene rings is 4. The van der Waals surface area contributed by atoms with Gasteiger partial charge in [0.25, 0.3) is 11.8 Å². The number of nitrogens with zero attached hydrogens (tertiary/aromatic N) is 1. The number of carbonyl (C=O) groups excluding carboxylic acids is 3. The molecule has 0 saturated carbocycles. The Morgan fingerprint density at radius 1 is 0.733 bits per heavy atom. The molecule has 4 aromatic rings. The number of halogens is 1. The van der Waals surface area contributed by atoms with Crippen molar-refractivity contribution in [2.45, 2.75) is 13.2 Å². The number of imide groups is 2. The van der Waals surface area contributed by atoms with Gasteiger partial charge in [-0.05, 0) is 87.2 Å². The molecule has 0 unspecified atom stereocenters. The smallest absolute Gasteiger partial charge is 0.335 e. The normalized spacial score (nSPS) is 13.8. The van der Waals surface area contributed by atoms with E-state index in [2.05, 4.69) is 21.2 Å². The monoisotopic (exact) mass is 672 g/mol. The first kappa shape index (κ1) is 31.1. The first-order chi connectivity index (χ1) is 21.8. The highest BCUT2D eigenvalue weighted by atomic mass is 79.9. The maximum Gasteiger partial charge on any atom is 0.335 e. The Morgan fingerprint density at radius 2 is 1.44 bits per heavy atom. The SMILES string of the molecule is COc1ccc(N2C(=O)NC(=O)/C(=C\c3cc(Br)c(OCc4ccc(OCc5ccccc5)c(OC)c4)c(OC)c3)C2=O)cc1. The molecule has 1 N–H and O–H groups in total. The van der Waals surface area contributed by atoms with Gasteiger partial charge in [0.15, 0.2) is 23.0 Å². The van der Waals surface area contributed by atoms with Crippen LogP contribution in [0.4, 0.5) is 10.5 Å². The number of hydrogen-bond acceptors (Lipinski definition) is 8. The summed E-state index contributed by atoms with van der Waals surface area (Å²) >= 11 is 3.52. The van der Waals surface area contributed by atoms with Crippen molar-refractivity contribution in [2.24, 2.45) is 0 Å². The van der Waals surface area contributed by atoms with Gasteiger partial charge >= 0.3 is 6.03 Å². The maximum atomic E-state index is 13.3. The number of amides is 4. The Kier molecular flexibility index (Phi) is 9.69. The molecule has 1 heterocycles. The van der Waals surface area contributed by atoms with E-state index in [9.17, 15) is 14.4 Å². The lowest BCUT2D eigenvalue weighted by Gasteiger charge is -2.26. The van der Waals surface area contributed by atoms with Crippen molar-refractivity contribution in [3.8, 4) is 28.7 Å². The van der Waals surface area contributed by atoms with E-state index in [0.29, 0.717) is 45.4 Å². The van der Waals surface area contributed by atoms with Gasteiger partial charge in [-0.2, -0.15) is 0 Å². The second-order valence-electron chi connectivity index (χ2n) is 9.74. The molecule has 0 aromatic heterocycles. The molecule has 45 heavy (non-hydrogen) atoms. The molecule has 5 rings (SSSR count). The molecule has 4 amide bonds. The molecular formula is C34H29BrN2O8. The molecule has 0 aliphatic carbocycles. The van der Waals surface area contributed by atoms with Gasteiger partial charge in [0, 0.05) is 0 Å². The molecule has 1 aliphatic heterocycles. The van der Waals surface area contributed by atoms with E-state index in [4.69, 9.17) is 23.7 Å². The van der Waals surface area contributed by atoms with E-state index < -0.39 is 17.8 Å². The Balaban J connectivity index is 1.33. The van der Waals surface area contributed by atoms with Crippen molar-refractivity contribution in [2.75, 3.05) is 26.2 Å². The third-order valence-corrected chi connectivity index (χ3v) is 7.43. The number of methoxy groups -OCH3 is 3. The summed E-state index contributed by atoms with van der Waals surface area (Å²) < 4.78 is 28.8. The summed E-state index contributed by atoms with van der Waals surface area (Å²) in [6.45, 7) is 0.591. The predicted octanol–water partition coefficient (Wildman–Crippen LogP) is 6.30. The van der Waals surface area contributed by atoms with E-state index in [1.165, 1.54) is 20.3 Å². The van der Waals surface area contributed by atoms with Crippen LogP contribution < -0.4 is 33.9 Å². The fourth-order valence-electron chi connectivity index (χ4n) is 4.56. The van der Waals surface area contributed by atoms with Crippen LogP contribution in [0.3, 0.4) is 0 Å². The summed E-state index contributed by atoms with van der Waals surface area (Å²) in [5.41, 5.74) is 2.39. The highest BCUT2D eigenvalue weighted by Crippen LogP contribution is 2.39. The van der Waals surface area contributed by atoms with Gasteiger partial charge < -0.3 is 23.7 Å². The zero-order chi connectivity index (χ0) is 31.9. The second-order valence-corrected chi connectivity index (χ2v) is 10.6. The van der Waals surface area contributed by atoms with Crippen molar-refractivity contribution in [3.05, 3.63) is 112 Å². The molecule has 0 atom stereocenters. The van der Waals surface area contributed by atoms with Gasteiger partial charge in [-0.15, -0.1) is 0 Å². The predicted molar refractivity (Wildman–Crippen MR) is 171 cm³/mol. The van der Waals surface area contributed by atoms with Crippen LogP contribution in [0.15, 0.2) is 95.0 Å². The van der Waals surface area contributed by atoms with Gasteiger partial charge in [-0.25, -0.2) is 9.69 Å². The molecule has 0 bridgehead atoms. The quantitative estimate of drug-likeness (QED) is 0.146. The highest BCUT2D eigenvalue weighted by molar-refractivity contribution is 9.10. The molecule has 0 radical (unpaired) electrons. The molecule has 230 valence electrons. The van der Waals surface area contributed by atoms with Crippen molar-refractivity contribution in [1.82, 2.24) is 5.32 Å². The molecule has 1 saturated heterocycles. The minimum Gasteiger partial charge on any atom is -0.497 e. The average molecular weight is 674 g/mol. The molecule has 0 spiro atoms. The third-order valence-electron chi connectivity index (χ3n) is 6.84. The van der Waals surface area contributed by atoms with Crippen LogP contribution in [0, 0.1) is 0 Å². The van der Waals surface area contributed by atoms with Crippen LogP contribution in [-0.4, -0.2) is 39.2 Å². The minimum atomic E-state index is -0.845. The van der Waals surface area contributed by atoms with Gasteiger partial charge in [-0.3, -0.25) is 14.9 Å². The summed E-state index contributed by atoms with van der Waals surface area (Å²) in [4.78, 5) is 39.5. The van der Waals surface area contributed by atoms with E-state index >= 15 is 0 Å². The lowest BCUT2D eigenvalue weighted by atomic mass is 10.1. The summed E-state index contributed by atoms with van der Waals surface area (Å²) in [6.07, 6.45) is 1.39. The number of ether oxygens (including phenoxy) is 5. The van der Waals surface area contributed by atoms with Crippen LogP contribution in [0.2, 0.25) is 0 Å². The Hall–Kier alpha value is -5.29. The van der Waals surface area contributed by atoms with Crippen molar-refractivity contribution in [3.63, 3.8) is 0 Å². The lowest BCUT2D eigenvalue weighted by molar-refractivity contribution is -0.122. The first-order valence-electron chi connectivity index (χ1n) is 13.7. The van der Waals surface area contributed by atoms with Crippen molar-refractivity contribution in [1.29, 1.82) is 0 Å². The van der Waals surface area contributed by atoms with Gasteiger partial charge in [0.2, 0.25) is 0 Å². The molecule has 4 aromatic carbocycles. The van der Waals surface area contributed by atoms with Crippen LogP contribution in [0.25, 0.3) is 6.08 Å². The fraction of sp³-hybridized carbons (Fsp3) is 0.147. The van der Waals surface area contributed by atoms with Crippen LogP contribution in [-0.2, 0) is 22.8 Å². The molecule has 10 nitrogen and oxygen atoms in total. The Labute approximate surface area is 268 Å². The van der Waals surface area contributed by atoms with Crippen LogP contribution in [0.5, 0.6) is 28.7 Å². The Morgan fingerprint density at radius 3 is 2.13 bits per heavy atom. The largest absolute Gasteiger partial charge is 0.497 e. The number of urea groups is 1. The van der Waals surface area contributed by atoms with Gasteiger partial charge in [0.05, 0.1) is 31.5 Å². The summed E-state index contributed by atoms with van der Waals surface area (Å²) in [7, 11) is 4.57. The Bertz CT molecular complexity index is 1760. The number of hydrogen-bond donors (Lipinski definition) is 1. The van der Waals surface area contributed by atoms with E-state index in [1.54, 1.807) is 43.5 Å². The first-order valence-corrected chi connectivity index (χ1v) is 14.5. The third kappa shape index (κ3) is 7.10. The summed E-state index contributed by atoms with van der Waals surface area (Å²) in [5, 5.41) is 2.22. The summed E-state index contributed by atoms with van der Waals surface area (Å²) in [6, 6.07) is 24.2.